The molecule has 11 heavy (non-hydrogen) atoms. The predicted molar refractivity (Wildman–Crippen MR) is 38.4 cm³/mol. The number of hydrogen-bond donors (Lipinski definition) is 0. The number of rotatable bonds is 7. The van der Waals surface area contributed by atoms with Gasteiger partial charge in [-0.05, 0) is 13.3 Å². The minimum atomic E-state index is -0.284. The Labute approximate surface area is 66.4 Å². The van der Waals surface area contributed by atoms with Crippen molar-refractivity contribution < 1.29 is 19.0 Å². The summed E-state index contributed by atoms with van der Waals surface area (Å²) in [5.74, 6) is 0. The summed E-state index contributed by atoms with van der Waals surface area (Å²) in [4.78, 5) is 9.56. The smallest absolute Gasteiger partial charge is 0.419 e. The largest absolute Gasteiger partial charge is 0.430 e. The van der Waals surface area contributed by atoms with E-state index in [1.807, 2.05) is 13.8 Å². The lowest BCUT2D eigenvalue weighted by atomic mass is 10.5. The van der Waals surface area contributed by atoms with Crippen LogP contribution in [-0.2, 0) is 19.0 Å². The monoisotopic (exact) mass is 161 g/mol. The summed E-state index contributed by atoms with van der Waals surface area (Å²) in [6.07, 6.45) is 0.448. The molecule has 0 bridgehead atoms. The second kappa shape index (κ2) is 7.50. The molecule has 0 heterocycles. The molecule has 0 saturated carbocycles. The van der Waals surface area contributed by atoms with E-state index < -0.39 is 0 Å². The van der Waals surface area contributed by atoms with Crippen molar-refractivity contribution in [1.29, 1.82) is 0 Å². The van der Waals surface area contributed by atoms with Crippen molar-refractivity contribution in [3.8, 4) is 0 Å². The SMILES string of the molecule is CCOC(CC)OCO[C]=O. The molecule has 0 fully saturated rings. The first kappa shape index (κ1) is 10.4. The van der Waals surface area contributed by atoms with E-state index in [2.05, 4.69) is 4.74 Å². The van der Waals surface area contributed by atoms with Crippen LogP contribution in [0.5, 0.6) is 0 Å². The first-order valence-electron chi connectivity index (χ1n) is 3.57. The highest BCUT2D eigenvalue weighted by Crippen LogP contribution is 1.99. The molecule has 0 spiro atoms. The normalized spacial score (nSPS) is 12.5. The fourth-order valence-electron chi connectivity index (χ4n) is 0.604. The van der Waals surface area contributed by atoms with Crippen LogP contribution in [0.15, 0.2) is 0 Å². The highest BCUT2D eigenvalue weighted by molar-refractivity contribution is 5.37. The van der Waals surface area contributed by atoms with Crippen molar-refractivity contribution in [2.45, 2.75) is 26.6 Å². The van der Waals surface area contributed by atoms with Crippen LogP contribution in [0.3, 0.4) is 0 Å². The van der Waals surface area contributed by atoms with Crippen LogP contribution < -0.4 is 0 Å². The van der Waals surface area contributed by atoms with E-state index in [0.717, 1.165) is 6.42 Å². The van der Waals surface area contributed by atoms with E-state index in [-0.39, 0.29) is 13.1 Å². The summed E-state index contributed by atoms with van der Waals surface area (Å²) in [5.41, 5.74) is 0. The number of hydrogen-bond acceptors (Lipinski definition) is 4. The zero-order valence-electron chi connectivity index (χ0n) is 6.83. The zero-order chi connectivity index (χ0) is 8.53. The van der Waals surface area contributed by atoms with Crippen LogP contribution >= 0.6 is 0 Å². The molecule has 4 heteroatoms. The van der Waals surface area contributed by atoms with E-state index in [1.165, 1.54) is 6.47 Å². The molecule has 0 aromatic heterocycles. The third-order valence-corrected chi connectivity index (χ3v) is 1.06. The lowest BCUT2D eigenvalue weighted by molar-refractivity contribution is -0.175. The van der Waals surface area contributed by atoms with Gasteiger partial charge in [-0.3, -0.25) is 0 Å². The fourth-order valence-corrected chi connectivity index (χ4v) is 0.604. The molecule has 0 rings (SSSR count). The molecule has 0 aromatic rings. The predicted octanol–water partition coefficient (Wildman–Crippen LogP) is 0.817. The van der Waals surface area contributed by atoms with Crippen LogP contribution in [0.1, 0.15) is 20.3 Å². The van der Waals surface area contributed by atoms with Gasteiger partial charge in [-0.15, -0.1) is 0 Å². The third-order valence-electron chi connectivity index (χ3n) is 1.06. The zero-order valence-corrected chi connectivity index (χ0v) is 6.83. The van der Waals surface area contributed by atoms with Gasteiger partial charge in [-0.25, -0.2) is 4.79 Å². The maximum absolute atomic E-state index is 9.56. The van der Waals surface area contributed by atoms with Gasteiger partial charge in [0, 0.05) is 6.61 Å². The van der Waals surface area contributed by atoms with Gasteiger partial charge >= 0.3 is 6.47 Å². The molecule has 0 aromatic carbocycles. The van der Waals surface area contributed by atoms with Crippen molar-refractivity contribution in [2.24, 2.45) is 0 Å². The Morgan fingerprint density at radius 2 is 2.09 bits per heavy atom. The van der Waals surface area contributed by atoms with E-state index >= 15 is 0 Å². The van der Waals surface area contributed by atoms with Gasteiger partial charge in [-0.1, -0.05) is 6.92 Å². The highest BCUT2D eigenvalue weighted by Gasteiger charge is 2.04. The standard InChI is InChI=1S/C7H13O4/c1-3-7(10-4-2)11-6-9-5-8/h7H,3-4,6H2,1-2H3. The molecule has 65 valence electrons. The highest BCUT2D eigenvalue weighted by atomic mass is 16.8. The molecule has 0 aliphatic heterocycles. The van der Waals surface area contributed by atoms with Crippen LogP contribution in [0.25, 0.3) is 0 Å². The minimum Gasteiger partial charge on any atom is -0.430 e. The maximum Gasteiger partial charge on any atom is 0.419 e. The van der Waals surface area contributed by atoms with Crippen LogP contribution in [0, 0.1) is 0 Å². The quantitative estimate of drug-likeness (QED) is 0.409. The second-order valence-corrected chi connectivity index (χ2v) is 1.81. The van der Waals surface area contributed by atoms with E-state index in [1.54, 1.807) is 0 Å². The van der Waals surface area contributed by atoms with Gasteiger partial charge in [0.1, 0.15) is 0 Å². The van der Waals surface area contributed by atoms with Gasteiger partial charge in [-0.2, -0.15) is 0 Å². The van der Waals surface area contributed by atoms with Gasteiger partial charge in [0.05, 0.1) is 0 Å². The lowest BCUT2D eigenvalue weighted by Gasteiger charge is -2.13. The minimum absolute atomic E-state index is 0.0952. The summed E-state index contributed by atoms with van der Waals surface area (Å²) in [7, 11) is 0. The second-order valence-electron chi connectivity index (χ2n) is 1.81. The van der Waals surface area contributed by atoms with Gasteiger partial charge < -0.3 is 14.2 Å². The molecule has 1 unspecified atom stereocenters. The first-order valence-corrected chi connectivity index (χ1v) is 3.57. The van der Waals surface area contributed by atoms with E-state index in [4.69, 9.17) is 9.47 Å². The topological polar surface area (TPSA) is 44.8 Å². The van der Waals surface area contributed by atoms with Gasteiger partial charge in [0.15, 0.2) is 13.1 Å². The Morgan fingerprint density at radius 1 is 1.36 bits per heavy atom. The average Bonchev–Trinajstić information content (AvgIpc) is 2.03. The molecule has 4 nitrogen and oxygen atoms in total. The Balaban J connectivity index is 3.27. The summed E-state index contributed by atoms with van der Waals surface area (Å²) in [5, 5.41) is 0. The summed E-state index contributed by atoms with van der Waals surface area (Å²) in [6, 6.07) is 0. The van der Waals surface area contributed by atoms with Gasteiger partial charge in [0.2, 0.25) is 0 Å². The molecule has 0 amide bonds. The molecule has 0 N–H and O–H groups in total. The van der Waals surface area contributed by atoms with Crippen LogP contribution in [-0.4, -0.2) is 26.2 Å². The number of ether oxygens (including phenoxy) is 3. The molecule has 0 aliphatic carbocycles. The summed E-state index contributed by atoms with van der Waals surface area (Å²) in [6.45, 7) is 5.55. The first-order chi connectivity index (χ1) is 5.35. The maximum atomic E-state index is 9.56. The molecule has 0 aliphatic rings. The molecular weight excluding hydrogens is 148 g/mol. The van der Waals surface area contributed by atoms with Crippen molar-refractivity contribution in [3.63, 3.8) is 0 Å². The Hall–Kier alpha value is -0.610. The van der Waals surface area contributed by atoms with E-state index in [0.29, 0.717) is 6.61 Å². The molecule has 0 saturated heterocycles. The van der Waals surface area contributed by atoms with Crippen molar-refractivity contribution in [3.05, 3.63) is 0 Å². The lowest BCUT2D eigenvalue weighted by Crippen LogP contribution is -2.17. The summed E-state index contributed by atoms with van der Waals surface area (Å²) < 4.78 is 14.3. The van der Waals surface area contributed by atoms with Crippen molar-refractivity contribution >= 4 is 6.47 Å². The Morgan fingerprint density at radius 3 is 2.55 bits per heavy atom. The Kier molecular flexibility index (Phi) is 7.08. The van der Waals surface area contributed by atoms with Crippen molar-refractivity contribution in [2.75, 3.05) is 13.4 Å². The van der Waals surface area contributed by atoms with Gasteiger partial charge in [0.25, 0.3) is 0 Å². The summed E-state index contributed by atoms with van der Waals surface area (Å²) >= 11 is 0. The van der Waals surface area contributed by atoms with Crippen LogP contribution in [0.4, 0.5) is 0 Å². The average molecular weight is 161 g/mol. The molecular formula is C7H13O4. The molecule has 1 radical (unpaired) electrons. The molecule has 1 atom stereocenters. The number of carbonyl (C=O) groups excluding carboxylic acids is 1. The van der Waals surface area contributed by atoms with Crippen LogP contribution in [0.2, 0.25) is 0 Å². The fraction of sp³-hybridized carbons (Fsp3) is 0.857. The third kappa shape index (κ3) is 5.82. The van der Waals surface area contributed by atoms with Crippen molar-refractivity contribution in [1.82, 2.24) is 0 Å². The Bertz CT molecular complexity index is 94.4. The van der Waals surface area contributed by atoms with E-state index in [9.17, 15) is 4.79 Å².